The quantitative estimate of drug-likeness (QED) is 0.650. The van der Waals surface area contributed by atoms with E-state index in [9.17, 15) is 9.59 Å². The second kappa shape index (κ2) is 6.70. The number of carbonyl (C=O) groups is 1. The molecule has 0 saturated carbocycles. The summed E-state index contributed by atoms with van der Waals surface area (Å²) in [5.74, 6) is 0.771. The lowest BCUT2D eigenvalue weighted by Crippen LogP contribution is -2.24. The predicted molar refractivity (Wildman–Crippen MR) is 91.5 cm³/mol. The van der Waals surface area contributed by atoms with Crippen LogP contribution in [-0.2, 0) is 24.3 Å². The summed E-state index contributed by atoms with van der Waals surface area (Å²) < 4.78 is 8.46. The number of aromatic nitrogens is 3. The van der Waals surface area contributed by atoms with Gasteiger partial charge in [0.1, 0.15) is 17.6 Å². The Morgan fingerprint density at radius 1 is 1.25 bits per heavy atom. The van der Waals surface area contributed by atoms with E-state index in [0.717, 1.165) is 28.5 Å². The van der Waals surface area contributed by atoms with Gasteiger partial charge in [-0.25, -0.2) is 4.68 Å². The van der Waals surface area contributed by atoms with Crippen LogP contribution >= 0.6 is 0 Å². The van der Waals surface area contributed by atoms with Gasteiger partial charge in [0, 0.05) is 24.5 Å². The van der Waals surface area contributed by atoms with Crippen LogP contribution in [0.15, 0.2) is 41.5 Å². The summed E-state index contributed by atoms with van der Waals surface area (Å²) in [5.41, 5.74) is 2.25. The summed E-state index contributed by atoms with van der Waals surface area (Å²) in [5, 5.41) is 5.03. The Bertz CT molecular complexity index is 923. The Hall–Kier alpha value is -2.89. The first-order valence-corrected chi connectivity index (χ1v) is 7.82. The number of hydrogen-bond donors (Lipinski definition) is 0. The fourth-order valence-electron chi connectivity index (χ4n) is 2.83. The molecule has 0 atom stereocenters. The highest BCUT2D eigenvalue weighted by Gasteiger charge is 2.13. The highest BCUT2D eigenvalue weighted by molar-refractivity contribution is 5.84. The molecule has 0 N–H and O–H groups in total. The maximum absolute atomic E-state index is 12.8. The van der Waals surface area contributed by atoms with Crippen molar-refractivity contribution in [3.63, 3.8) is 0 Å². The van der Waals surface area contributed by atoms with Gasteiger partial charge in [0.05, 0.1) is 19.9 Å². The van der Waals surface area contributed by atoms with Gasteiger partial charge in [-0.05, 0) is 30.2 Å². The third-order valence-electron chi connectivity index (χ3n) is 4.10. The van der Waals surface area contributed by atoms with Gasteiger partial charge < -0.3 is 14.1 Å². The molecule has 0 bridgehead atoms. The number of benzene rings is 1. The second-order valence-corrected chi connectivity index (χ2v) is 5.53. The van der Waals surface area contributed by atoms with Crippen molar-refractivity contribution in [1.29, 1.82) is 0 Å². The number of fused-ring (bicyclic) bond motifs is 1. The zero-order valence-electron chi connectivity index (χ0n) is 13.7. The van der Waals surface area contributed by atoms with E-state index in [-0.39, 0.29) is 12.0 Å². The Balaban J connectivity index is 2.04. The van der Waals surface area contributed by atoms with E-state index in [2.05, 4.69) is 5.10 Å². The summed E-state index contributed by atoms with van der Waals surface area (Å²) in [6.45, 7) is 3.02. The van der Waals surface area contributed by atoms with E-state index in [1.54, 1.807) is 13.3 Å². The summed E-state index contributed by atoms with van der Waals surface area (Å²) in [7, 11) is 1.62. The van der Waals surface area contributed by atoms with Crippen molar-refractivity contribution < 1.29 is 9.53 Å². The lowest BCUT2D eigenvalue weighted by Gasteiger charge is -2.07. The maximum Gasteiger partial charge on any atom is 0.291 e. The van der Waals surface area contributed by atoms with Crippen molar-refractivity contribution in [2.75, 3.05) is 7.11 Å². The van der Waals surface area contributed by atoms with Crippen LogP contribution < -0.4 is 10.3 Å². The summed E-state index contributed by atoms with van der Waals surface area (Å²) in [6, 6.07) is 7.54. The minimum Gasteiger partial charge on any atom is -0.497 e. The van der Waals surface area contributed by atoms with Crippen molar-refractivity contribution in [2.45, 2.75) is 26.4 Å². The molecule has 2 aromatic heterocycles. The van der Waals surface area contributed by atoms with Crippen LogP contribution in [0.4, 0.5) is 0 Å². The van der Waals surface area contributed by atoms with Gasteiger partial charge in [-0.15, -0.1) is 0 Å². The monoisotopic (exact) mass is 325 g/mol. The van der Waals surface area contributed by atoms with Gasteiger partial charge in [-0.1, -0.05) is 12.1 Å². The molecule has 3 rings (SSSR count). The highest BCUT2D eigenvalue weighted by Crippen LogP contribution is 2.18. The van der Waals surface area contributed by atoms with Gasteiger partial charge in [0.2, 0.25) is 0 Å². The Morgan fingerprint density at radius 2 is 2.00 bits per heavy atom. The molecule has 6 heteroatoms. The van der Waals surface area contributed by atoms with Crippen molar-refractivity contribution in [2.24, 2.45) is 0 Å². The average molecular weight is 325 g/mol. The molecule has 24 heavy (non-hydrogen) atoms. The number of nitrogens with zero attached hydrogens (tertiary/aromatic N) is 3. The molecular formula is C18H19N3O3. The first-order valence-electron chi connectivity index (χ1n) is 7.82. The minimum absolute atomic E-state index is 0.151. The smallest absolute Gasteiger partial charge is 0.291 e. The molecule has 0 fully saturated rings. The van der Waals surface area contributed by atoms with Gasteiger partial charge in [-0.3, -0.25) is 4.79 Å². The van der Waals surface area contributed by atoms with E-state index < -0.39 is 0 Å². The van der Waals surface area contributed by atoms with Gasteiger partial charge >= 0.3 is 0 Å². The molecular weight excluding hydrogens is 306 g/mol. The van der Waals surface area contributed by atoms with E-state index >= 15 is 0 Å². The van der Waals surface area contributed by atoms with E-state index in [4.69, 9.17) is 4.74 Å². The maximum atomic E-state index is 12.8. The molecule has 124 valence electrons. The third kappa shape index (κ3) is 2.82. The molecule has 0 aliphatic carbocycles. The third-order valence-corrected chi connectivity index (χ3v) is 4.10. The van der Waals surface area contributed by atoms with Crippen molar-refractivity contribution in [1.82, 2.24) is 14.3 Å². The SMILES string of the molecule is CCn1cc(CC=O)c2cnn(Cc3ccc(OC)cc3)c(=O)c21. The molecule has 6 nitrogen and oxygen atoms in total. The summed E-state index contributed by atoms with van der Waals surface area (Å²) in [4.78, 5) is 23.7. The van der Waals surface area contributed by atoms with Crippen LogP contribution in [0.3, 0.4) is 0 Å². The van der Waals surface area contributed by atoms with E-state index in [0.29, 0.717) is 18.6 Å². The zero-order valence-corrected chi connectivity index (χ0v) is 13.7. The molecule has 1 aromatic carbocycles. The number of carbonyl (C=O) groups excluding carboxylic acids is 1. The highest BCUT2D eigenvalue weighted by atomic mass is 16.5. The molecule has 3 aromatic rings. The number of aryl methyl sites for hydroxylation is 1. The van der Waals surface area contributed by atoms with Crippen LogP contribution in [0.25, 0.3) is 10.9 Å². The first kappa shape index (κ1) is 16.0. The fourth-order valence-corrected chi connectivity index (χ4v) is 2.83. The molecule has 0 spiro atoms. The molecule has 0 amide bonds. The second-order valence-electron chi connectivity index (χ2n) is 5.53. The lowest BCUT2D eigenvalue weighted by atomic mass is 10.2. The van der Waals surface area contributed by atoms with Crippen LogP contribution in [0.5, 0.6) is 5.75 Å². The number of aldehydes is 1. The molecule has 0 unspecified atom stereocenters. The summed E-state index contributed by atoms with van der Waals surface area (Å²) >= 11 is 0. The van der Waals surface area contributed by atoms with E-state index in [1.807, 2.05) is 42.0 Å². The minimum atomic E-state index is -0.151. The van der Waals surface area contributed by atoms with Gasteiger partial charge in [-0.2, -0.15) is 5.10 Å². The van der Waals surface area contributed by atoms with Crippen molar-refractivity contribution in [3.05, 3.63) is 58.1 Å². The predicted octanol–water partition coefficient (Wildman–Crippen LogP) is 2.02. The molecule has 2 heterocycles. The van der Waals surface area contributed by atoms with Crippen LogP contribution in [0, 0.1) is 0 Å². The van der Waals surface area contributed by atoms with E-state index in [1.165, 1.54) is 4.68 Å². The largest absolute Gasteiger partial charge is 0.497 e. The number of rotatable bonds is 6. The molecule has 0 aliphatic rings. The summed E-state index contributed by atoms with van der Waals surface area (Å²) in [6.07, 6.45) is 4.66. The van der Waals surface area contributed by atoms with Crippen LogP contribution in [0.1, 0.15) is 18.1 Å². The number of ether oxygens (including phenoxy) is 1. The van der Waals surface area contributed by atoms with Crippen LogP contribution in [0.2, 0.25) is 0 Å². The average Bonchev–Trinajstić information content (AvgIpc) is 2.97. The van der Waals surface area contributed by atoms with Crippen molar-refractivity contribution in [3.8, 4) is 5.75 Å². The normalized spacial score (nSPS) is 10.9. The van der Waals surface area contributed by atoms with Gasteiger partial charge in [0.15, 0.2) is 0 Å². The first-order chi connectivity index (χ1) is 11.7. The molecule has 0 saturated heterocycles. The Labute approximate surface area is 139 Å². The number of methoxy groups -OCH3 is 1. The zero-order chi connectivity index (χ0) is 17.1. The molecule has 0 radical (unpaired) electrons. The fraction of sp³-hybridized carbons (Fsp3) is 0.278. The Morgan fingerprint density at radius 3 is 2.62 bits per heavy atom. The molecule has 0 aliphatic heterocycles. The standard InChI is InChI=1S/C18H19N3O3/c1-3-20-12-14(8-9-22)16-10-19-21(18(23)17(16)20)11-13-4-6-15(24-2)7-5-13/h4-7,9-10,12H,3,8,11H2,1-2H3. The number of hydrogen-bond acceptors (Lipinski definition) is 4. The van der Waals surface area contributed by atoms with Crippen LogP contribution in [-0.4, -0.2) is 27.7 Å². The lowest BCUT2D eigenvalue weighted by molar-refractivity contribution is -0.107. The topological polar surface area (TPSA) is 66.1 Å². The Kier molecular flexibility index (Phi) is 4.46. The van der Waals surface area contributed by atoms with Gasteiger partial charge in [0.25, 0.3) is 5.56 Å². The van der Waals surface area contributed by atoms with Crippen molar-refractivity contribution >= 4 is 17.2 Å².